The van der Waals surface area contributed by atoms with Crippen molar-refractivity contribution in [1.29, 1.82) is 0 Å². The largest absolute Gasteiger partial charge is 0.506 e. The predicted octanol–water partition coefficient (Wildman–Crippen LogP) is 2.48. The Morgan fingerprint density at radius 1 is 1.65 bits per heavy atom. The number of ether oxygens (including phenoxy) is 1. The number of aromatic hydroxyl groups is 1. The number of carbonyl (C=O) groups excluding carboxylic acids is 1. The molecule has 1 aromatic heterocycles. The minimum atomic E-state index is -2.93. The van der Waals surface area contributed by atoms with Gasteiger partial charge in [0, 0.05) is 5.56 Å². The van der Waals surface area contributed by atoms with Crippen molar-refractivity contribution >= 4 is 17.6 Å². The molecule has 94 valence electrons. The van der Waals surface area contributed by atoms with E-state index in [1.54, 1.807) is 6.92 Å². The molecule has 7 heteroatoms. The molecule has 0 aliphatic rings. The van der Waals surface area contributed by atoms with Gasteiger partial charge in [0.15, 0.2) is 0 Å². The van der Waals surface area contributed by atoms with Crippen molar-refractivity contribution in [1.82, 2.24) is 4.98 Å². The lowest BCUT2D eigenvalue weighted by Gasteiger charge is -2.08. The van der Waals surface area contributed by atoms with E-state index in [-0.39, 0.29) is 23.7 Å². The average molecular weight is 266 g/mol. The number of hydrogen-bond acceptors (Lipinski definition) is 4. The molecule has 0 bridgehead atoms. The van der Waals surface area contributed by atoms with E-state index in [0.29, 0.717) is 0 Å². The Labute approximate surface area is 101 Å². The third kappa shape index (κ3) is 3.52. The molecule has 0 fully saturated rings. The summed E-state index contributed by atoms with van der Waals surface area (Å²) in [7, 11) is 0. The van der Waals surface area contributed by atoms with Gasteiger partial charge in [-0.2, -0.15) is 0 Å². The van der Waals surface area contributed by atoms with Crippen LogP contribution < -0.4 is 0 Å². The number of pyridine rings is 1. The highest BCUT2D eigenvalue weighted by Gasteiger charge is 2.19. The van der Waals surface area contributed by atoms with Crippen LogP contribution in [-0.4, -0.2) is 22.7 Å². The Kier molecular flexibility index (Phi) is 4.62. The van der Waals surface area contributed by atoms with Crippen molar-refractivity contribution in [2.24, 2.45) is 0 Å². The molecular weight excluding hydrogens is 256 g/mol. The smallest absolute Gasteiger partial charge is 0.310 e. The van der Waals surface area contributed by atoms with Crippen molar-refractivity contribution in [3.05, 3.63) is 22.5 Å². The second-order valence-electron chi connectivity index (χ2n) is 3.13. The molecule has 0 unspecified atom stereocenters. The molecule has 0 amide bonds. The minimum Gasteiger partial charge on any atom is -0.506 e. The zero-order valence-electron chi connectivity index (χ0n) is 8.91. The van der Waals surface area contributed by atoms with Crippen molar-refractivity contribution in [3.63, 3.8) is 0 Å². The molecule has 17 heavy (non-hydrogen) atoms. The van der Waals surface area contributed by atoms with Gasteiger partial charge in [-0.25, -0.2) is 13.8 Å². The highest BCUT2D eigenvalue weighted by atomic mass is 35.5. The van der Waals surface area contributed by atoms with Crippen molar-refractivity contribution < 1.29 is 23.4 Å². The van der Waals surface area contributed by atoms with Crippen LogP contribution in [0.4, 0.5) is 8.78 Å². The molecule has 1 N–H and O–H groups in total. The Balaban J connectivity index is 2.95. The Hall–Kier alpha value is -1.43. The summed E-state index contributed by atoms with van der Waals surface area (Å²) in [6.07, 6.45) is -3.15. The number of nitrogens with zero attached hydrogens (tertiary/aromatic N) is 1. The van der Waals surface area contributed by atoms with Crippen LogP contribution in [0.2, 0.25) is 5.15 Å². The first-order valence-corrected chi connectivity index (χ1v) is 5.15. The van der Waals surface area contributed by atoms with Crippen LogP contribution in [0.1, 0.15) is 24.6 Å². The van der Waals surface area contributed by atoms with Gasteiger partial charge in [-0.15, -0.1) is 0 Å². The molecule has 0 aliphatic heterocycles. The molecule has 1 aromatic rings. The fourth-order valence-electron chi connectivity index (χ4n) is 1.19. The second kappa shape index (κ2) is 5.77. The van der Waals surface area contributed by atoms with Gasteiger partial charge in [0.05, 0.1) is 13.0 Å². The van der Waals surface area contributed by atoms with Gasteiger partial charge in [-0.1, -0.05) is 11.6 Å². The van der Waals surface area contributed by atoms with Gasteiger partial charge in [-0.05, 0) is 13.0 Å². The standard InChI is InChI=1S/C10H10ClF2NO3/c1-2-17-7(16)4-5-3-6(15)8(10(12)13)14-9(5)11/h3,10,15H,2,4H2,1H3. The van der Waals surface area contributed by atoms with Crippen LogP contribution in [0.25, 0.3) is 0 Å². The number of rotatable bonds is 4. The Bertz CT molecular complexity index is 426. The minimum absolute atomic E-state index is 0.145. The number of carbonyl (C=O) groups is 1. The summed E-state index contributed by atoms with van der Waals surface area (Å²) in [6.45, 7) is 1.83. The molecule has 0 aromatic carbocycles. The van der Waals surface area contributed by atoms with Crippen LogP contribution in [0.5, 0.6) is 5.75 Å². The normalized spacial score (nSPS) is 10.6. The molecule has 0 aliphatic carbocycles. The summed E-state index contributed by atoms with van der Waals surface area (Å²) in [4.78, 5) is 14.5. The molecule has 4 nitrogen and oxygen atoms in total. The lowest BCUT2D eigenvalue weighted by atomic mass is 10.2. The number of hydrogen-bond donors (Lipinski definition) is 1. The van der Waals surface area contributed by atoms with Crippen molar-refractivity contribution in [3.8, 4) is 5.75 Å². The van der Waals surface area contributed by atoms with Gasteiger partial charge in [0.1, 0.15) is 16.6 Å². The fraction of sp³-hybridized carbons (Fsp3) is 0.400. The lowest BCUT2D eigenvalue weighted by molar-refractivity contribution is -0.142. The summed E-state index contributed by atoms with van der Waals surface area (Å²) in [5.41, 5.74) is -0.658. The van der Waals surface area contributed by atoms with Crippen molar-refractivity contribution in [2.45, 2.75) is 19.8 Å². The molecule has 0 saturated carbocycles. The zero-order valence-corrected chi connectivity index (χ0v) is 9.67. The summed E-state index contributed by atoms with van der Waals surface area (Å²) in [5.74, 6) is -1.26. The highest BCUT2D eigenvalue weighted by molar-refractivity contribution is 6.30. The van der Waals surface area contributed by atoms with E-state index in [0.717, 1.165) is 6.07 Å². The van der Waals surface area contributed by atoms with Crippen molar-refractivity contribution in [2.75, 3.05) is 6.61 Å². The molecule has 1 rings (SSSR count). The highest BCUT2D eigenvalue weighted by Crippen LogP contribution is 2.30. The molecule has 0 spiro atoms. The first-order valence-electron chi connectivity index (χ1n) is 4.77. The van der Waals surface area contributed by atoms with Gasteiger partial charge >= 0.3 is 5.97 Å². The summed E-state index contributed by atoms with van der Waals surface area (Å²) in [6, 6.07) is 0.994. The van der Waals surface area contributed by atoms with Gasteiger partial charge < -0.3 is 9.84 Å². The molecule has 0 radical (unpaired) electrons. The monoisotopic (exact) mass is 265 g/mol. The van der Waals surface area contributed by atoms with E-state index in [2.05, 4.69) is 9.72 Å². The number of halogens is 3. The first kappa shape index (κ1) is 13.6. The number of esters is 1. The Morgan fingerprint density at radius 2 is 2.29 bits per heavy atom. The lowest BCUT2D eigenvalue weighted by Crippen LogP contribution is -2.09. The average Bonchev–Trinajstić information content (AvgIpc) is 2.22. The van der Waals surface area contributed by atoms with Gasteiger partial charge in [0.2, 0.25) is 0 Å². The summed E-state index contributed by atoms with van der Waals surface area (Å²) < 4.78 is 29.4. The SMILES string of the molecule is CCOC(=O)Cc1cc(O)c(C(F)F)nc1Cl. The maximum Gasteiger partial charge on any atom is 0.310 e. The second-order valence-corrected chi connectivity index (χ2v) is 3.48. The quantitative estimate of drug-likeness (QED) is 0.671. The van der Waals surface area contributed by atoms with E-state index in [4.69, 9.17) is 11.6 Å². The first-order chi connectivity index (χ1) is 7.95. The molecular formula is C10H10ClF2NO3. The number of alkyl halides is 2. The summed E-state index contributed by atoms with van der Waals surface area (Å²) >= 11 is 5.63. The van der Waals surface area contributed by atoms with Crippen LogP contribution in [0.3, 0.4) is 0 Å². The van der Waals surface area contributed by atoms with Crippen LogP contribution in [-0.2, 0) is 16.0 Å². The van der Waals surface area contributed by atoms with Gasteiger partial charge in [-0.3, -0.25) is 4.79 Å². The Morgan fingerprint density at radius 3 is 2.82 bits per heavy atom. The maximum atomic E-state index is 12.4. The van der Waals surface area contributed by atoms with E-state index >= 15 is 0 Å². The summed E-state index contributed by atoms with van der Waals surface area (Å²) in [5, 5.41) is 9.03. The van der Waals surface area contributed by atoms with Crippen LogP contribution >= 0.6 is 11.6 Å². The van der Waals surface area contributed by atoms with Crippen LogP contribution in [0.15, 0.2) is 6.07 Å². The zero-order chi connectivity index (χ0) is 13.0. The fourth-order valence-corrected chi connectivity index (χ4v) is 1.40. The molecule has 0 saturated heterocycles. The predicted molar refractivity (Wildman–Crippen MR) is 56.2 cm³/mol. The maximum absolute atomic E-state index is 12.4. The van der Waals surface area contributed by atoms with E-state index in [9.17, 15) is 18.7 Å². The molecule has 0 atom stereocenters. The number of aromatic nitrogens is 1. The van der Waals surface area contributed by atoms with E-state index in [1.165, 1.54) is 0 Å². The third-order valence-corrected chi connectivity index (χ3v) is 2.23. The third-order valence-electron chi connectivity index (χ3n) is 1.90. The topological polar surface area (TPSA) is 59.4 Å². The van der Waals surface area contributed by atoms with Gasteiger partial charge in [0.25, 0.3) is 6.43 Å². The van der Waals surface area contributed by atoms with Crippen LogP contribution in [0, 0.1) is 0 Å². The van der Waals surface area contributed by atoms with E-state index in [1.807, 2.05) is 0 Å². The molecule has 1 heterocycles. The van der Waals surface area contributed by atoms with E-state index < -0.39 is 23.8 Å².